The van der Waals surface area contributed by atoms with Gasteiger partial charge in [-0.3, -0.25) is 9.36 Å². The number of thioether (sulfide) groups is 1. The van der Waals surface area contributed by atoms with Crippen LogP contribution in [0.2, 0.25) is 0 Å². The maximum Gasteiger partial charge on any atom is 0.192 e. The Morgan fingerprint density at radius 1 is 1.13 bits per heavy atom. The summed E-state index contributed by atoms with van der Waals surface area (Å²) in [5, 5.41) is 9.12. The summed E-state index contributed by atoms with van der Waals surface area (Å²) in [4.78, 5) is 12.8. The van der Waals surface area contributed by atoms with Crippen molar-refractivity contribution in [3.63, 3.8) is 0 Å². The van der Waals surface area contributed by atoms with Crippen LogP contribution in [0.15, 0.2) is 60.3 Å². The molecule has 2 aromatic carbocycles. The summed E-state index contributed by atoms with van der Waals surface area (Å²) in [6.45, 7) is 6.60. The first-order valence-corrected chi connectivity index (χ1v) is 10.6. The number of benzene rings is 2. The zero-order valence-corrected chi connectivity index (χ0v) is 18.6. The first-order valence-electron chi connectivity index (χ1n) is 9.66. The molecule has 0 saturated carbocycles. The number of carbonyl (C=O) groups is 1. The minimum Gasteiger partial charge on any atom is -0.497 e. The first kappa shape index (κ1) is 22.4. The van der Waals surface area contributed by atoms with Gasteiger partial charge in [-0.05, 0) is 42.8 Å². The lowest BCUT2D eigenvalue weighted by atomic mass is 10.1. The van der Waals surface area contributed by atoms with E-state index in [2.05, 4.69) is 16.8 Å². The van der Waals surface area contributed by atoms with Crippen molar-refractivity contribution < 1.29 is 19.0 Å². The summed E-state index contributed by atoms with van der Waals surface area (Å²) >= 11 is 1.31. The lowest BCUT2D eigenvalue weighted by Crippen LogP contribution is -2.09. The lowest BCUT2D eigenvalue weighted by Gasteiger charge is -2.11. The van der Waals surface area contributed by atoms with Crippen LogP contribution < -0.4 is 14.2 Å². The van der Waals surface area contributed by atoms with E-state index in [1.54, 1.807) is 31.4 Å². The maximum atomic E-state index is 12.8. The molecule has 3 aromatic rings. The molecule has 0 aliphatic heterocycles. The van der Waals surface area contributed by atoms with Crippen molar-refractivity contribution in [3.05, 3.63) is 72.1 Å². The molecule has 8 heteroatoms. The van der Waals surface area contributed by atoms with E-state index in [1.165, 1.54) is 18.9 Å². The molecule has 0 fully saturated rings. The van der Waals surface area contributed by atoms with Crippen molar-refractivity contribution >= 4 is 17.5 Å². The molecule has 0 saturated heterocycles. The number of Topliss-reactive ketones (excluding diaryl/α,β-unsaturated/α-hetero) is 1. The van der Waals surface area contributed by atoms with Crippen LogP contribution in [-0.2, 0) is 13.2 Å². The standard InChI is InChI=1S/C23H25N3O4S/c1-5-11-26-22(14-30-18-8-6-7-16(2)12-18)24-25-23(26)31-15-20(27)19-13-17(28-3)9-10-21(19)29-4/h5-10,12-13H,1,11,14-15H2,2-4H3. The maximum absolute atomic E-state index is 12.8. The number of hydrogen-bond donors (Lipinski definition) is 0. The third-order valence-corrected chi connectivity index (χ3v) is 5.47. The molecule has 31 heavy (non-hydrogen) atoms. The fourth-order valence-electron chi connectivity index (χ4n) is 2.94. The second kappa shape index (κ2) is 10.7. The molecule has 0 aliphatic carbocycles. The average Bonchev–Trinajstić information content (AvgIpc) is 3.17. The van der Waals surface area contributed by atoms with Gasteiger partial charge in [-0.1, -0.05) is 30.0 Å². The molecule has 0 atom stereocenters. The normalized spacial score (nSPS) is 10.5. The van der Waals surface area contributed by atoms with Crippen molar-refractivity contribution in [3.8, 4) is 17.2 Å². The monoisotopic (exact) mass is 439 g/mol. The van der Waals surface area contributed by atoms with Gasteiger partial charge in [0.25, 0.3) is 0 Å². The lowest BCUT2D eigenvalue weighted by molar-refractivity contribution is 0.101. The van der Waals surface area contributed by atoms with Crippen LogP contribution in [-0.4, -0.2) is 40.5 Å². The Bertz CT molecular complexity index is 1060. The Labute approximate surface area is 186 Å². The summed E-state index contributed by atoms with van der Waals surface area (Å²) < 4.78 is 18.3. The summed E-state index contributed by atoms with van der Waals surface area (Å²) in [7, 11) is 3.09. The van der Waals surface area contributed by atoms with E-state index in [-0.39, 0.29) is 18.1 Å². The summed E-state index contributed by atoms with van der Waals surface area (Å²) in [5.74, 6) is 2.62. The number of aromatic nitrogens is 3. The number of methoxy groups -OCH3 is 2. The number of nitrogens with zero attached hydrogens (tertiary/aromatic N) is 3. The van der Waals surface area contributed by atoms with Gasteiger partial charge in [0.2, 0.25) is 0 Å². The fraction of sp³-hybridized carbons (Fsp3) is 0.261. The van der Waals surface area contributed by atoms with Crippen molar-refractivity contribution in [2.45, 2.75) is 25.2 Å². The molecule has 7 nitrogen and oxygen atoms in total. The van der Waals surface area contributed by atoms with Gasteiger partial charge in [0.15, 0.2) is 16.8 Å². The molecule has 0 radical (unpaired) electrons. The van der Waals surface area contributed by atoms with Gasteiger partial charge in [-0.2, -0.15) is 0 Å². The Kier molecular flexibility index (Phi) is 7.72. The van der Waals surface area contributed by atoms with Crippen molar-refractivity contribution in [1.82, 2.24) is 14.8 Å². The molecule has 1 aromatic heterocycles. The number of hydrogen-bond acceptors (Lipinski definition) is 7. The van der Waals surface area contributed by atoms with Gasteiger partial charge in [0, 0.05) is 6.54 Å². The number of carbonyl (C=O) groups excluding carboxylic acids is 1. The zero-order chi connectivity index (χ0) is 22.2. The van der Waals surface area contributed by atoms with E-state index < -0.39 is 0 Å². The summed E-state index contributed by atoms with van der Waals surface area (Å²) in [6, 6.07) is 13.0. The number of ether oxygens (including phenoxy) is 3. The first-order chi connectivity index (χ1) is 15.0. The fourth-order valence-corrected chi connectivity index (χ4v) is 3.79. The van der Waals surface area contributed by atoms with Crippen LogP contribution in [0.5, 0.6) is 17.2 Å². The summed E-state index contributed by atoms with van der Waals surface area (Å²) in [5.41, 5.74) is 1.58. The van der Waals surface area contributed by atoms with Crippen LogP contribution in [0.1, 0.15) is 21.7 Å². The third kappa shape index (κ3) is 5.67. The second-order valence-corrected chi connectivity index (χ2v) is 7.62. The highest BCUT2D eigenvalue weighted by Gasteiger charge is 2.18. The van der Waals surface area contributed by atoms with Crippen molar-refractivity contribution in [2.75, 3.05) is 20.0 Å². The molecule has 0 bridgehead atoms. The van der Waals surface area contributed by atoms with Crippen molar-refractivity contribution in [1.29, 1.82) is 0 Å². The topological polar surface area (TPSA) is 75.5 Å². The smallest absolute Gasteiger partial charge is 0.192 e. The molecular formula is C23H25N3O4S. The van der Waals surface area contributed by atoms with E-state index in [0.717, 1.165) is 11.3 Å². The molecule has 0 unspecified atom stereocenters. The molecule has 3 rings (SSSR count). The minimum atomic E-state index is -0.0912. The van der Waals surface area contributed by atoms with E-state index >= 15 is 0 Å². The Morgan fingerprint density at radius 2 is 1.97 bits per heavy atom. The molecule has 162 valence electrons. The minimum absolute atomic E-state index is 0.0912. The van der Waals surface area contributed by atoms with Gasteiger partial charge in [0.05, 0.1) is 25.5 Å². The van der Waals surface area contributed by atoms with E-state index in [0.29, 0.717) is 34.6 Å². The molecule has 0 spiro atoms. The number of ketones is 1. The predicted octanol–water partition coefficient (Wildman–Crippen LogP) is 4.34. The average molecular weight is 440 g/mol. The largest absolute Gasteiger partial charge is 0.497 e. The van der Waals surface area contributed by atoms with E-state index in [9.17, 15) is 4.79 Å². The highest BCUT2D eigenvalue weighted by molar-refractivity contribution is 7.99. The molecule has 0 aliphatic rings. The van der Waals surface area contributed by atoms with Crippen LogP contribution in [0, 0.1) is 6.92 Å². The van der Waals surface area contributed by atoms with Gasteiger partial charge >= 0.3 is 0 Å². The van der Waals surface area contributed by atoms with Crippen LogP contribution in [0.25, 0.3) is 0 Å². The third-order valence-electron chi connectivity index (χ3n) is 4.50. The molecule has 0 N–H and O–H groups in total. The second-order valence-electron chi connectivity index (χ2n) is 6.68. The van der Waals surface area contributed by atoms with Gasteiger partial charge < -0.3 is 14.2 Å². The Hall–Kier alpha value is -3.26. The SMILES string of the molecule is C=CCn1c(COc2cccc(C)c2)nnc1SCC(=O)c1cc(OC)ccc1OC. The van der Waals surface area contributed by atoms with Crippen LogP contribution >= 0.6 is 11.8 Å². The Balaban J connectivity index is 1.71. The zero-order valence-electron chi connectivity index (χ0n) is 17.8. The highest BCUT2D eigenvalue weighted by Crippen LogP contribution is 2.27. The predicted molar refractivity (Wildman–Crippen MR) is 120 cm³/mol. The van der Waals surface area contributed by atoms with Gasteiger partial charge in [-0.15, -0.1) is 16.8 Å². The summed E-state index contributed by atoms with van der Waals surface area (Å²) in [6.07, 6.45) is 1.76. The van der Waals surface area contributed by atoms with Gasteiger partial charge in [-0.25, -0.2) is 0 Å². The van der Waals surface area contributed by atoms with E-state index in [1.807, 2.05) is 35.8 Å². The van der Waals surface area contributed by atoms with Crippen LogP contribution in [0.3, 0.4) is 0 Å². The van der Waals surface area contributed by atoms with E-state index in [4.69, 9.17) is 14.2 Å². The Morgan fingerprint density at radius 3 is 2.68 bits per heavy atom. The molecular weight excluding hydrogens is 414 g/mol. The quantitative estimate of drug-likeness (QED) is 0.250. The van der Waals surface area contributed by atoms with Crippen molar-refractivity contribution in [2.24, 2.45) is 0 Å². The number of aryl methyl sites for hydroxylation is 1. The number of allylic oxidation sites excluding steroid dienone is 1. The van der Waals surface area contributed by atoms with Crippen LogP contribution in [0.4, 0.5) is 0 Å². The number of rotatable bonds is 11. The molecule has 1 heterocycles. The highest BCUT2D eigenvalue weighted by atomic mass is 32.2. The molecule has 0 amide bonds. The van der Waals surface area contributed by atoms with Gasteiger partial charge in [0.1, 0.15) is 23.9 Å².